The lowest BCUT2D eigenvalue weighted by Crippen LogP contribution is -2.29. The van der Waals surface area contributed by atoms with Gasteiger partial charge in [0.25, 0.3) is 0 Å². The van der Waals surface area contributed by atoms with Crippen molar-refractivity contribution in [2.45, 2.75) is 25.4 Å². The van der Waals surface area contributed by atoms with Gasteiger partial charge in [-0.05, 0) is 19.4 Å². The van der Waals surface area contributed by atoms with Crippen LogP contribution < -0.4 is 5.73 Å². The number of likely N-dealkylation sites (tertiary alicyclic amines) is 1. The average Bonchev–Trinajstić information content (AvgIpc) is 2.65. The van der Waals surface area contributed by atoms with Crippen molar-refractivity contribution in [3.63, 3.8) is 0 Å². The molecule has 2 atom stereocenters. The normalized spacial score (nSPS) is 22.8. The summed E-state index contributed by atoms with van der Waals surface area (Å²) < 4.78 is 13.5. The van der Waals surface area contributed by atoms with Gasteiger partial charge < -0.3 is 5.73 Å². The molecule has 2 nitrogen and oxygen atoms in total. The molecule has 2 N–H and O–H groups in total. The minimum Gasteiger partial charge on any atom is -0.326 e. The number of nitrogens with zero attached hydrogens (tertiary/aromatic N) is 1. The molecule has 1 fully saturated rings. The van der Waals surface area contributed by atoms with Crippen LogP contribution in [0.5, 0.6) is 0 Å². The maximum atomic E-state index is 13.5. The van der Waals surface area contributed by atoms with E-state index in [1.54, 1.807) is 6.07 Å². The first kappa shape index (κ1) is 13.4. The highest BCUT2D eigenvalue weighted by atomic mass is 35.5. The molecule has 1 heterocycles. The van der Waals surface area contributed by atoms with Gasteiger partial charge in [-0.25, -0.2) is 4.39 Å². The SMILES string of the molecule is CC(c1ccccc1F)N1CCC(N)C1.Cl. The van der Waals surface area contributed by atoms with Gasteiger partial charge in [0.05, 0.1) is 0 Å². The van der Waals surface area contributed by atoms with Gasteiger partial charge in [-0.15, -0.1) is 12.4 Å². The van der Waals surface area contributed by atoms with Gasteiger partial charge in [-0.1, -0.05) is 18.2 Å². The number of hydrogen-bond acceptors (Lipinski definition) is 2. The van der Waals surface area contributed by atoms with Crippen LogP contribution in [0.25, 0.3) is 0 Å². The lowest BCUT2D eigenvalue weighted by atomic mass is 10.1. The van der Waals surface area contributed by atoms with Crippen LogP contribution in [0.4, 0.5) is 4.39 Å². The molecule has 1 saturated heterocycles. The highest BCUT2D eigenvalue weighted by molar-refractivity contribution is 5.85. The van der Waals surface area contributed by atoms with E-state index in [4.69, 9.17) is 5.73 Å². The molecule has 0 bridgehead atoms. The molecule has 0 radical (unpaired) electrons. The highest BCUT2D eigenvalue weighted by Gasteiger charge is 2.25. The predicted octanol–water partition coefficient (Wildman–Crippen LogP) is 2.34. The van der Waals surface area contributed by atoms with E-state index in [2.05, 4.69) is 4.90 Å². The summed E-state index contributed by atoms with van der Waals surface area (Å²) in [5, 5.41) is 0. The minimum atomic E-state index is -0.120. The molecule has 0 aliphatic carbocycles. The Bertz CT molecular complexity index is 346. The highest BCUT2D eigenvalue weighted by Crippen LogP contribution is 2.25. The van der Waals surface area contributed by atoms with Gasteiger partial charge >= 0.3 is 0 Å². The van der Waals surface area contributed by atoms with Crippen LogP contribution in [0, 0.1) is 5.82 Å². The Hall–Kier alpha value is -0.640. The summed E-state index contributed by atoms with van der Waals surface area (Å²) in [5.41, 5.74) is 6.61. The van der Waals surface area contributed by atoms with Gasteiger partial charge in [-0.3, -0.25) is 4.90 Å². The summed E-state index contributed by atoms with van der Waals surface area (Å²) in [6.07, 6.45) is 1.01. The monoisotopic (exact) mass is 244 g/mol. The fraction of sp³-hybridized carbons (Fsp3) is 0.500. The minimum absolute atomic E-state index is 0. The number of halogens is 2. The first-order valence-corrected chi connectivity index (χ1v) is 5.42. The lowest BCUT2D eigenvalue weighted by Gasteiger charge is -2.24. The Kier molecular flexibility index (Phi) is 4.71. The van der Waals surface area contributed by atoms with Crippen molar-refractivity contribution in [2.75, 3.05) is 13.1 Å². The molecule has 1 aromatic rings. The summed E-state index contributed by atoms with van der Waals surface area (Å²) in [7, 11) is 0. The Labute approximate surface area is 102 Å². The summed E-state index contributed by atoms with van der Waals surface area (Å²) >= 11 is 0. The van der Waals surface area contributed by atoms with E-state index in [0.29, 0.717) is 0 Å². The molecule has 0 saturated carbocycles. The van der Waals surface area contributed by atoms with E-state index in [9.17, 15) is 4.39 Å². The van der Waals surface area contributed by atoms with E-state index in [0.717, 1.165) is 25.1 Å². The average molecular weight is 245 g/mol. The van der Waals surface area contributed by atoms with Crippen molar-refractivity contribution < 1.29 is 4.39 Å². The van der Waals surface area contributed by atoms with Crippen LogP contribution in [-0.4, -0.2) is 24.0 Å². The van der Waals surface area contributed by atoms with Crippen molar-refractivity contribution in [3.05, 3.63) is 35.6 Å². The van der Waals surface area contributed by atoms with Crippen molar-refractivity contribution in [2.24, 2.45) is 5.73 Å². The molecule has 2 rings (SSSR count). The predicted molar refractivity (Wildman–Crippen MR) is 66.2 cm³/mol. The largest absolute Gasteiger partial charge is 0.326 e. The van der Waals surface area contributed by atoms with Crippen molar-refractivity contribution in [3.8, 4) is 0 Å². The Morgan fingerprint density at radius 1 is 1.44 bits per heavy atom. The fourth-order valence-corrected chi connectivity index (χ4v) is 2.18. The summed E-state index contributed by atoms with van der Waals surface area (Å²) in [6.45, 7) is 3.88. The Balaban J connectivity index is 0.00000128. The number of rotatable bonds is 2. The molecule has 1 aliphatic rings. The third-order valence-electron chi connectivity index (χ3n) is 3.16. The second kappa shape index (κ2) is 5.62. The van der Waals surface area contributed by atoms with E-state index in [1.807, 2.05) is 19.1 Å². The molecule has 4 heteroatoms. The molecule has 90 valence electrons. The molecule has 0 amide bonds. The zero-order valence-corrected chi connectivity index (χ0v) is 10.2. The standard InChI is InChI=1S/C12H17FN2.ClH/c1-9(15-7-6-10(14)8-15)11-4-2-3-5-12(11)13;/h2-5,9-10H,6-8,14H2,1H3;1H. The maximum absolute atomic E-state index is 13.5. The molecule has 1 aromatic carbocycles. The van der Waals surface area contributed by atoms with E-state index in [1.165, 1.54) is 6.07 Å². The fourth-order valence-electron chi connectivity index (χ4n) is 2.18. The van der Waals surface area contributed by atoms with Gasteiger partial charge in [-0.2, -0.15) is 0 Å². The van der Waals surface area contributed by atoms with Crippen LogP contribution in [0.2, 0.25) is 0 Å². The van der Waals surface area contributed by atoms with Crippen LogP contribution in [0.3, 0.4) is 0 Å². The van der Waals surface area contributed by atoms with E-state index < -0.39 is 0 Å². The summed E-state index contributed by atoms with van der Waals surface area (Å²) in [5.74, 6) is -0.120. The molecule has 0 spiro atoms. The maximum Gasteiger partial charge on any atom is 0.127 e. The van der Waals surface area contributed by atoms with Gasteiger partial charge in [0.15, 0.2) is 0 Å². The van der Waals surface area contributed by atoms with Crippen molar-refractivity contribution in [1.29, 1.82) is 0 Å². The number of hydrogen-bond donors (Lipinski definition) is 1. The number of nitrogens with two attached hydrogens (primary N) is 1. The summed E-state index contributed by atoms with van der Waals surface area (Å²) in [4.78, 5) is 2.24. The zero-order valence-electron chi connectivity index (χ0n) is 9.40. The zero-order chi connectivity index (χ0) is 10.8. The molecular weight excluding hydrogens is 227 g/mol. The smallest absolute Gasteiger partial charge is 0.127 e. The van der Waals surface area contributed by atoms with Crippen LogP contribution in [0.15, 0.2) is 24.3 Å². The summed E-state index contributed by atoms with van der Waals surface area (Å²) in [6, 6.07) is 7.34. The van der Waals surface area contributed by atoms with E-state index in [-0.39, 0.29) is 30.3 Å². The Morgan fingerprint density at radius 2 is 2.12 bits per heavy atom. The molecule has 0 aromatic heterocycles. The van der Waals surface area contributed by atoms with Crippen LogP contribution in [-0.2, 0) is 0 Å². The van der Waals surface area contributed by atoms with E-state index >= 15 is 0 Å². The second-order valence-electron chi connectivity index (χ2n) is 4.24. The van der Waals surface area contributed by atoms with Crippen molar-refractivity contribution in [1.82, 2.24) is 4.90 Å². The third-order valence-corrected chi connectivity index (χ3v) is 3.16. The van der Waals surface area contributed by atoms with Gasteiger partial charge in [0, 0.05) is 30.7 Å². The molecular formula is C12H18ClFN2. The van der Waals surface area contributed by atoms with Crippen LogP contribution in [0.1, 0.15) is 24.9 Å². The second-order valence-corrected chi connectivity index (χ2v) is 4.24. The number of benzene rings is 1. The first-order valence-electron chi connectivity index (χ1n) is 5.42. The Morgan fingerprint density at radius 3 is 2.69 bits per heavy atom. The van der Waals surface area contributed by atoms with Gasteiger partial charge in [0.1, 0.15) is 5.82 Å². The van der Waals surface area contributed by atoms with Gasteiger partial charge in [0.2, 0.25) is 0 Å². The van der Waals surface area contributed by atoms with Crippen LogP contribution >= 0.6 is 12.4 Å². The third kappa shape index (κ3) is 2.73. The molecule has 16 heavy (non-hydrogen) atoms. The first-order chi connectivity index (χ1) is 7.18. The quantitative estimate of drug-likeness (QED) is 0.865. The van der Waals surface area contributed by atoms with Crippen molar-refractivity contribution >= 4 is 12.4 Å². The molecule has 2 unspecified atom stereocenters. The lowest BCUT2D eigenvalue weighted by molar-refractivity contribution is 0.254. The molecule has 1 aliphatic heterocycles. The topological polar surface area (TPSA) is 29.3 Å².